The molecule has 0 fully saturated rings. The summed E-state index contributed by atoms with van der Waals surface area (Å²) < 4.78 is 22.6. The van der Waals surface area contributed by atoms with Gasteiger partial charge in [-0.05, 0) is 47.5 Å². The number of nitrogens with one attached hydrogen (secondary N) is 2. The normalized spacial score (nSPS) is 10.5. The predicted octanol–water partition coefficient (Wildman–Crippen LogP) is 4.23. The molecule has 10 nitrogen and oxygen atoms in total. The molecule has 0 bridgehead atoms. The molecule has 0 saturated carbocycles. The lowest BCUT2D eigenvalue weighted by Gasteiger charge is -2.11. The van der Waals surface area contributed by atoms with Gasteiger partial charge in [0.2, 0.25) is 11.9 Å². The number of hydrogen-bond donors (Lipinski definition) is 2. The van der Waals surface area contributed by atoms with Crippen LogP contribution in [0.4, 0.5) is 11.9 Å². The molecular weight excluding hydrogens is 474 g/mol. The van der Waals surface area contributed by atoms with Crippen LogP contribution in [-0.2, 0) is 13.1 Å². The van der Waals surface area contributed by atoms with Crippen molar-refractivity contribution in [2.45, 2.75) is 13.1 Å². The van der Waals surface area contributed by atoms with Crippen LogP contribution in [0.3, 0.4) is 0 Å². The highest BCUT2D eigenvalue weighted by molar-refractivity contribution is 5.97. The van der Waals surface area contributed by atoms with Crippen LogP contribution < -0.4 is 29.6 Å². The van der Waals surface area contributed by atoms with Gasteiger partial charge in [0.1, 0.15) is 0 Å². The summed E-state index contributed by atoms with van der Waals surface area (Å²) in [5.74, 6) is 2.81. The third-order valence-electron chi connectivity index (χ3n) is 5.62. The first-order chi connectivity index (χ1) is 18.1. The number of benzene rings is 3. The summed E-state index contributed by atoms with van der Waals surface area (Å²) in [4.78, 5) is 17.8. The summed E-state index contributed by atoms with van der Waals surface area (Å²) in [6.07, 6.45) is 0. The molecule has 0 spiro atoms. The molecule has 4 aromatic rings. The summed E-state index contributed by atoms with van der Waals surface area (Å²) >= 11 is 0. The first kappa shape index (κ1) is 25.4. The molecule has 1 aromatic heterocycles. The number of nitrogens with zero attached hydrogens (tertiary/aromatic N) is 3. The van der Waals surface area contributed by atoms with Crippen LogP contribution in [0.15, 0.2) is 66.7 Å². The minimum Gasteiger partial charge on any atom is -0.493 e. The van der Waals surface area contributed by atoms with Gasteiger partial charge in [0.05, 0.1) is 28.4 Å². The summed E-state index contributed by atoms with van der Waals surface area (Å²) in [7, 11) is 6.35. The van der Waals surface area contributed by atoms with Crippen LogP contribution in [0, 0.1) is 0 Å². The highest BCUT2D eigenvalue weighted by Crippen LogP contribution is 2.29. The Morgan fingerprint density at radius 1 is 0.730 bits per heavy atom. The highest BCUT2D eigenvalue weighted by Gasteiger charge is 2.18. The van der Waals surface area contributed by atoms with Crippen LogP contribution in [0.5, 0.6) is 23.0 Å². The van der Waals surface area contributed by atoms with Gasteiger partial charge in [-0.15, -0.1) is 5.10 Å². The van der Waals surface area contributed by atoms with E-state index in [0.29, 0.717) is 53.5 Å². The number of carbonyl (C=O) groups is 1. The van der Waals surface area contributed by atoms with E-state index in [1.807, 2.05) is 42.5 Å². The second-order valence-electron chi connectivity index (χ2n) is 7.93. The number of aromatic nitrogens is 3. The maximum Gasteiger partial charge on any atom is 0.281 e. The lowest BCUT2D eigenvalue weighted by Crippen LogP contribution is -2.17. The number of anilines is 2. The quantitative estimate of drug-likeness (QED) is 0.311. The predicted molar refractivity (Wildman–Crippen MR) is 140 cm³/mol. The Kier molecular flexibility index (Phi) is 8.09. The van der Waals surface area contributed by atoms with E-state index in [1.165, 1.54) is 4.68 Å². The molecule has 10 heteroatoms. The Bertz CT molecular complexity index is 1360. The molecule has 0 aliphatic rings. The average Bonchev–Trinajstić information content (AvgIpc) is 3.37. The molecule has 192 valence electrons. The molecule has 4 rings (SSSR count). The van der Waals surface area contributed by atoms with Crippen molar-refractivity contribution in [2.75, 3.05) is 39.1 Å². The minimum atomic E-state index is -0.304. The zero-order chi connectivity index (χ0) is 26.2. The van der Waals surface area contributed by atoms with E-state index in [4.69, 9.17) is 18.9 Å². The van der Waals surface area contributed by atoms with E-state index < -0.39 is 0 Å². The standard InChI is InChI=1S/C27H29N5O5/c1-34-21-12-10-18(14-23(21)36-3)16-28-26-30-27(32(31-26)25(33)20-8-6-5-7-9-20)29-17-19-11-13-22(35-2)24(15-19)37-4/h5-15H,16-17H2,1-4H3,(H2,28,29,30,31). The summed E-state index contributed by atoms with van der Waals surface area (Å²) in [5, 5.41) is 10.8. The summed E-state index contributed by atoms with van der Waals surface area (Å²) in [5.41, 5.74) is 2.34. The van der Waals surface area contributed by atoms with Crippen LogP contribution in [0.2, 0.25) is 0 Å². The topological polar surface area (TPSA) is 109 Å². The number of rotatable bonds is 11. The fraction of sp³-hybridized carbons (Fsp3) is 0.222. The van der Waals surface area contributed by atoms with Crippen LogP contribution >= 0.6 is 0 Å². The Morgan fingerprint density at radius 3 is 1.81 bits per heavy atom. The lowest BCUT2D eigenvalue weighted by molar-refractivity contribution is 0.0947. The summed E-state index contributed by atoms with van der Waals surface area (Å²) in [6.45, 7) is 0.801. The Hall–Kier alpha value is -4.73. The van der Waals surface area contributed by atoms with Gasteiger partial charge in [-0.2, -0.15) is 9.67 Å². The van der Waals surface area contributed by atoms with Gasteiger partial charge >= 0.3 is 0 Å². The van der Waals surface area contributed by atoms with E-state index in [1.54, 1.807) is 52.7 Å². The van der Waals surface area contributed by atoms with Gasteiger partial charge in [-0.1, -0.05) is 30.3 Å². The van der Waals surface area contributed by atoms with Gasteiger partial charge in [-0.25, -0.2) is 0 Å². The van der Waals surface area contributed by atoms with Crippen molar-refractivity contribution in [1.82, 2.24) is 14.8 Å². The maximum atomic E-state index is 13.2. The minimum absolute atomic E-state index is 0.300. The molecule has 0 aliphatic heterocycles. The van der Waals surface area contributed by atoms with E-state index in [2.05, 4.69) is 20.7 Å². The van der Waals surface area contributed by atoms with Crippen molar-refractivity contribution in [2.24, 2.45) is 0 Å². The van der Waals surface area contributed by atoms with Crippen molar-refractivity contribution in [1.29, 1.82) is 0 Å². The molecule has 0 unspecified atom stereocenters. The van der Waals surface area contributed by atoms with Gasteiger partial charge in [0.25, 0.3) is 5.91 Å². The van der Waals surface area contributed by atoms with Crippen LogP contribution in [0.1, 0.15) is 21.5 Å². The number of hydrogen-bond acceptors (Lipinski definition) is 9. The molecule has 0 radical (unpaired) electrons. The zero-order valence-electron chi connectivity index (χ0n) is 21.1. The third-order valence-corrected chi connectivity index (χ3v) is 5.62. The van der Waals surface area contributed by atoms with E-state index in [9.17, 15) is 4.79 Å². The smallest absolute Gasteiger partial charge is 0.281 e. The largest absolute Gasteiger partial charge is 0.493 e. The number of carbonyl (C=O) groups excluding carboxylic acids is 1. The SMILES string of the molecule is COc1ccc(CNc2nc(NCc3ccc(OC)c(OC)c3)n(C(=O)c3ccccc3)n2)cc1OC. The molecule has 2 N–H and O–H groups in total. The van der Waals surface area contributed by atoms with E-state index >= 15 is 0 Å². The lowest BCUT2D eigenvalue weighted by atomic mass is 10.2. The summed E-state index contributed by atoms with van der Waals surface area (Å²) in [6, 6.07) is 20.1. The molecular formula is C27H29N5O5. The van der Waals surface area contributed by atoms with Crippen molar-refractivity contribution < 1.29 is 23.7 Å². The molecule has 0 amide bonds. The van der Waals surface area contributed by atoms with Crippen molar-refractivity contribution in [3.05, 3.63) is 83.4 Å². The Labute approximate surface area is 215 Å². The van der Waals surface area contributed by atoms with Crippen LogP contribution in [0.25, 0.3) is 0 Å². The van der Waals surface area contributed by atoms with Gasteiger partial charge in [-0.3, -0.25) is 4.79 Å². The third kappa shape index (κ3) is 5.92. The fourth-order valence-electron chi connectivity index (χ4n) is 3.69. The molecule has 1 heterocycles. The van der Waals surface area contributed by atoms with Gasteiger partial charge in [0.15, 0.2) is 23.0 Å². The first-order valence-corrected chi connectivity index (χ1v) is 11.5. The molecule has 37 heavy (non-hydrogen) atoms. The van der Waals surface area contributed by atoms with E-state index in [-0.39, 0.29) is 5.91 Å². The number of methoxy groups -OCH3 is 4. The van der Waals surface area contributed by atoms with Crippen molar-refractivity contribution >= 4 is 17.8 Å². The van der Waals surface area contributed by atoms with Crippen LogP contribution in [-0.4, -0.2) is 49.1 Å². The average molecular weight is 504 g/mol. The van der Waals surface area contributed by atoms with Crippen molar-refractivity contribution in [3.63, 3.8) is 0 Å². The van der Waals surface area contributed by atoms with E-state index in [0.717, 1.165) is 11.1 Å². The first-order valence-electron chi connectivity index (χ1n) is 11.5. The molecule has 0 atom stereocenters. The Balaban J connectivity index is 1.56. The molecule has 0 aliphatic carbocycles. The highest BCUT2D eigenvalue weighted by atomic mass is 16.5. The molecule has 0 saturated heterocycles. The van der Waals surface area contributed by atoms with Crippen molar-refractivity contribution in [3.8, 4) is 23.0 Å². The van der Waals surface area contributed by atoms with Gasteiger partial charge in [0, 0.05) is 18.7 Å². The monoisotopic (exact) mass is 503 g/mol. The second kappa shape index (κ2) is 11.8. The zero-order valence-corrected chi connectivity index (χ0v) is 21.1. The number of ether oxygens (including phenoxy) is 4. The fourth-order valence-corrected chi connectivity index (χ4v) is 3.69. The molecule has 3 aromatic carbocycles. The Morgan fingerprint density at radius 2 is 1.27 bits per heavy atom. The maximum absolute atomic E-state index is 13.2. The second-order valence-corrected chi connectivity index (χ2v) is 7.93. The van der Waals surface area contributed by atoms with Gasteiger partial charge < -0.3 is 29.6 Å².